The van der Waals surface area contributed by atoms with Crippen molar-refractivity contribution in [3.63, 3.8) is 0 Å². The summed E-state index contributed by atoms with van der Waals surface area (Å²) in [6, 6.07) is 0.304. The van der Waals surface area contributed by atoms with Crippen LogP contribution in [0.2, 0.25) is 0 Å². The van der Waals surface area contributed by atoms with Crippen molar-refractivity contribution in [2.24, 2.45) is 5.92 Å². The minimum Gasteiger partial charge on any atom is -0.352 e. The van der Waals surface area contributed by atoms with Crippen LogP contribution in [-0.2, 0) is 4.79 Å². The van der Waals surface area contributed by atoms with E-state index in [0.29, 0.717) is 12.0 Å². The van der Waals surface area contributed by atoms with Gasteiger partial charge in [0, 0.05) is 37.1 Å². The first kappa shape index (κ1) is 12.9. The van der Waals surface area contributed by atoms with Gasteiger partial charge in [-0.1, -0.05) is 12.8 Å². The van der Waals surface area contributed by atoms with Crippen LogP contribution in [0, 0.1) is 5.92 Å². The van der Waals surface area contributed by atoms with E-state index in [9.17, 15) is 4.79 Å². The molecule has 1 aromatic rings. The van der Waals surface area contributed by atoms with Crippen molar-refractivity contribution in [1.29, 1.82) is 0 Å². The average molecular weight is 279 g/mol. The number of aromatic nitrogens is 1. The number of thiazole rings is 1. The third-order valence-electron chi connectivity index (χ3n) is 4.19. The molecule has 2 heterocycles. The van der Waals surface area contributed by atoms with Crippen LogP contribution in [0.5, 0.6) is 0 Å². The molecule has 0 aromatic carbocycles. The van der Waals surface area contributed by atoms with Crippen LogP contribution in [-0.4, -0.2) is 30.0 Å². The lowest BCUT2D eigenvalue weighted by atomic mass is 10.0. The predicted octanol–water partition coefficient (Wildman–Crippen LogP) is 2.42. The number of amides is 1. The van der Waals surface area contributed by atoms with Gasteiger partial charge >= 0.3 is 0 Å². The molecule has 1 amide bonds. The second-order valence-corrected chi connectivity index (χ2v) is 6.54. The summed E-state index contributed by atoms with van der Waals surface area (Å²) in [7, 11) is 0. The number of nitrogens with one attached hydrogen (secondary N) is 1. The van der Waals surface area contributed by atoms with E-state index in [1.54, 1.807) is 11.3 Å². The number of nitrogens with zero attached hydrogens (tertiary/aromatic N) is 2. The van der Waals surface area contributed by atoms with Gasteiger partial charge in [0.1, 0.15) is 0 Å². The topological polar surface area (TPSA) is 45.2 Å². The fourth-order valence-electron chi connectivity index (χ4n) is 3.19. The van der Waals surface area contributed by atoms with E-state index in [4.69, 9.17) is 0 Å². The van der Waals surface area contributed by atoms with Crippen molar-refractivity contribution in [2.45, 2.75) is 44.6 Å². The number of hydrogen-bond acceptors (Lipinski definition) is 4. The van der Waals surface area contributed by atoms with Gasteiger partial charge in [-0.2, -0.15) is 0 Å². The second-order valence-electron chi connectivity index (χ2n) is 5.67. The molecule has 1 atom stereocenters. The third kappa shape index (κ3) is 3.26. The number of rotatable bonds is 4. The Morgan fingerprint density at radius 1 is 1.42 bits per heavy atom. The van der Waals surface area contributed by atoms with E-state index in [1.807, 2.05) is 11.6 Å². The monoisotopic (exact) mass is 279 g/mol. The molecule has 0 bridgehead atoms. The van der Waals surface area contributed by atoms with E-state index in [-0.39, 0.29) is 5.91 Å². The largest absolute Gasteiger partial charge is 0.352 e. The third-order valence-corrected chi connectivity index (χ3v) is 5.02. The van der Waals surface area contributed by atoms with Crippen LogP contribution in [0.25, 0.3) is 0 Å². The Morgan fingerprint density at radius 2 is 2.26 bits per heavy atom. The first-order chi connectivity index (χ1) is 9.31. The van der Waals surface area contributed by atoms with Crippen molar-refractivity contribution >= 4 is 22.4 Å². The van der Waals surface area contributed by atoms with Gasteiger partial charge in [-0.15, -0.1) is 11.3 Å². The first-order valence-electron chi connectivity index (χ1n) is 7.25. The quantitative estimate of drug-likeness (QED) is 0.920. The molecule has 5 heteroatoms. The minimum absolute atomic E-state index is 0.248. The molecule has 1 aliphatic heterocycles. The number of anilines is 1. The summed E-state index contributed by atoms with van der Waals surface area (Å²) in [5, 5.41) is 6.27. The van der Waals surface area contributed by atoms with Gasteiger partial charge in [0.15, 0.2) is 5.13 Å². The van der Waals surface area contributed by atoms with Crippen molar-refractivity contribution < 1.29 is 4.79 Å². The number of carbonyl (C=O) groups excluding carboxylic acids is 1. The maximum Gasteiger partial charge on any atom is 0.220 e. The molecule has 0 spiro atoms. The molecular weight excluding hydrogens is 258 g/mol. The van der Waals surface area contributed by atoms with Crippen molar-refractivity contribution in [2.75, 3.05) is 18.0 Å². The molecule has 3 rings (SSSR count). The zero-order valence-electron chi connectivity index (χ0n) is 11.2. The zero-order valence-corrected chi connectivity index (χ0v) is 12.0. The van der Waals surface area contributed by atoms with Crippen LogP contribution < -0.4 is 10.2 Å². The summed E-state index contributed by atoms with van der Waals surface area (Å²) in [5.74, 6) is 0.884. The first-order valence-corrected chi connectivity index (χ1v) is 8.13. The van der Waals surface area contributed by atoms with Crippen LogP contribution in [0.15, 0.2) is 11.6 Å². The predicted molar refractivity (Wildman–Crippen MR) is 77.4 cm³/mol. The smallest absolute Gasteiger partial charge is 0.220 e. The average Bonchev–Trinajstić information content (AvgIpc) is 3.09. The lowest BCUT2D eigenvalue weighted by Crippen LogP contribution is -2.37. The van der Waals surface area contributed by atoms with Crippen molar-refractivity contribution in [3.05, 3.63) is 11.6 Å². The highest BCUT2D eigenvalue weighted by molar-refractivity contribution is 7.13. The molecule has 1 aliphatic carbocycles. The zero-order chi connectivity index (χ0) is 13.1. The maximum atomic E-state index is 12.0. The molecule has 1 N–H and O–H groups in total. The van der Waals surface area contributed by atoms with Crippen LogP contribution in [0.3, 0.4) is 0 Å². The van der Waals surface area contributed by atoms with Crippen molar-refractivity contribution in [3.8, 4) is 0 Å². The SMILES string of the molecule is O=C(CC1CCCC1)NC1CCN(c2nccs2)C1. The van der Waals surface area contributed by atoms with Crippen LogP contribution in [0.1, 0.15) is 38.5 Å². The minimum atomic E-state index is 0.248. The number of carbonyl (C=O) groups is 1. The van der Waals surface area contributed by atoms with Gasteiger partial charge in [-0.05, 0) is 25.2 Å². The summed E-state index contributed by atoms with van der Waals surface area (Å²) in [6.07, 6.45) is 8.70. The highest BCUT2D eigenvalue weighted by Crippen LogP contribution is 2.27. The molecule has 2 aliphatic rings. The Morgan fingerprint density at radius 3 is 3.00 bits per heavy atom. The molecule has 1 saturated heterocycles. The molecule has 4 nitrogen and oxygen atoms in total. The van der Waals surface area contributed by atoms with Gasteiger partial charge < -0.3 is 10.2 Å². The van der Waals surface area contributed by atoms with Gasteiger partial charge in [0.05, 0.1) is 0 Å². The van der Waals surface area contributed by atoms with Crippen LogP contribution >= 0.6 is 11.3 Å². The lowest BCUT2D eigenvalue weighted by molar-refractivity contribution is -0.122. The molecular formula is C14H21N3OS. The molecule has 0 radical (unpaired) electrons. The molecule has 1 aromatic heterocycles. The molecule has 1 unspecified atom stereocenters. The fraction of sp³-hybridized carbons (Fsp3) is 0.714. The number of hydrogen-bond donors (Lipinski definition) is 1. The van der Waals surface area contributed by atoms with Gasteiger partial charge in [-0.3, -0.25) is 4.79 Å². The lowest BCUT2D eigenvalue weighted by Gasteiger charge is -2.16. The molecule has 1 saturated carbocycles. The summed E-state index contributed by atoms with van der Waals surface area (Å²) in [4.78, 5) is 18.6. The summed E-state index contributed by atoms with van der Waals surface area (Å²) < 4.78 is 0. The van der Waals surface area contributed by atoms with E-state index < -0.39 is 0 Å². The van der Waals surface area contributed by atoms with Gasteiger partial charge in [-0.25, -0.2) is 4.98 Å². The summed E-state index contributed by atoms with van der Waals surface area (Å²) in [5.41, 5.74) is 0. The Bertz CT molecular complexity index is 414. The van der Waals surface area contributed by atoms with Crippen LogP contribution in [0.4, 0.5) is 5.13 Å². The molecule has 104 valence electrons. The Labute approximate surface area is 118 Å². The maximum absolute atomic E-state index is 12.0. The summed E-state index contributed by atoms with van der Waals surface area (Å²) in [6.45, 7) is 1.91. The van der Waals surface area contributed by atoms with E-state index in [1.165, 1.54) is 25.7 Å². The normalized spacial score (nSPS) is 24.0. The molecule has 19 heavy (non-hydrogen) atoms. The molecule has 2 fully saturated rings. The van der Waals surface area contributed by atoms with E-state index in [2.05, 4.69) is 15.2 Å². The van der Waals surface area contributed by atoms with E-state index >= 15 is 0 Å². The standard InChI is InChI=1S/C14H21N3OS/c18-13(9-11-3-1-2-4-11)16-12-5-7-17(10-12)14-15-6-8-19-14/h6,8,11-12H,1-5,7,9-10H2,(H,16,18). The van der Waals surface area contributed by atoms with E-state index in [0.717, 1.165) is 31.1 Å². The Kier molecular flexibility index (Phi) is 4.01. The van der Waals surface area contributed by atoms with Gasteiger partial charge in [0.2, 0.25) is 5.91 Å². The fourth-order valence-corrected chi connectivity index (χ4v) is 3.87. The van der Waals surface area contributed by atoms with Gasteiger partial charge in [0.25, 0.3) is 0 Å². The highest BCUT2D eigenvalue weighted by Gasteiger charge is 2.26. The Hall–Kier alpha value is -1.10. The highest BCUT2D eigenvalue weighted by atomic mass is 32.1. The summed E-state index contributed by atoms with van der Waals surface area (Å²) >= 11 is 1.67. The Balaban J connectivity index is 1.45. The van der Waals surface area contributed by atoms with Crippen molar-refractivity contribution in [1.82, 2.24) is 10.3 Å². The second kappa shape index (κ2) is 5.90.